The van der Waals surface area contributed by atoms with E-state index in [0.29, 0.717) is 17.2 Å². The number of hydrogen-bond donors (Lipinski definition) is 1. The summed E-state index contributed by atoms with van der Waals surface area (Å²) in [7, 11) is -2.40. The van der Waals surface area contributed by atoms with Crippen LogP contribution >= 0.6 is 0 Å². The van der Waals surface area contributed by atoms with Crippen LogP contribution in [-0.2, 0) is 14.8 Å². The van der Waals surface area contributed by atoms with Crippen LogP contribution in [0.25, 0.3) is 0 Å². The zero-order valence-electron chi connectivity index (χ0n) is 19.9. The lowest BCUT2D eigenvalue weighted by Crippen LogP contribution is -2.42. The van der Waals surface area contributed by atoms with Gasteiger partial charge in [-0.25, -0.2) is 8.42 Å². The van der Waals surface area contributed by atoms with Crippen LogP contribution in [0.4, 0.5) is 5.69 Å². The maximum atomic E-state index is 13.5. The summed E-state index contributed by atoms with van der Waals surface area (Å²) >= 11 is 0. The molecule has 0 spiro atoms. The molecule has 0 aliphatic heterocycles. The molecule has 0 fully saturated rings. The van der Waals surface area contributed by atoms with E-state index in [1.807, 2.05) is 45.0 Å². The number of aryl methyl sites for hydroxylation is 3. The van der Waals surface area contributed by atoms with Crippen molar-refractivity contribution in [3.05, 3.63) is 83.4 Å². The quantitative estimate of drug-likeness (QED) is 0.442. The average Bonchev–Trinajstić information content (AvgIpc) is 2.81. The third-order valence-corrected chi connectivity index (χ3v) is 7.04. The predicted molar refractivity (Wildman–Crippen MR) is 133 cm³/mol. The van der Waals surface area contributed by atoms with Crippen LogP contribution in [0.3, 0.4) is 0 Å². The average molecular weight is 483 g/mol. The predicted octanol–water partition coefficient (Wildman–Crippen LogP) is 4.01. The maximum absolute atomic E-state index is 13.5. The lowest BCUT2D eigenvalue weighted by molar-refractivity contribution is -0.119. The van der Waals surface area contributed by atoms with E-state index in [1.54, 1.807) is 49.6 Å². The van der Waals surface area contributed by atoms with Crippen molar-refractivity contribution in [1.82, 2.24) is 5.32 Å². The summed E-state index contributed by atoms with van der Waals surface area (Å²) in [6, 6.07) is 19.3. The van der Waals surface area contributed by atoms with Crippen molar-refractivity contribution in [2.75, 3.05) is 31.1 Å². The lowest BCUT2D eigenvalue weighted by Gasteiger charge is -2.26. The lowest BCUT2D eigenvalue weighted by atomic mass is 10.1. The van der Waals surface area contributed by atoms with Crippen LogP contribution in [-0.4, -0.2) is 41.1 Å². The Morgan fingerprint density at radius 2 is 1.56 bits per heavy atom. The van der Waals surface area contributed by atoms with E-state index in [4.69, 9.17) is 9.47 Å². The van der Waals surface area contributed by atoms with Gasteiger partial charge >= 0.3 is 0 Å². The van der Waals surface area contributed by atoms with Gasteiger partial charge in [0, 0.05) is 0 Å². The van der Waals surface area contributed by atoms with Crippen molar-refractivity contribution in [3.8, 4) is 11.5 Å². The molecule has 8 heteroatoms. The number of carbonyl (C=O) groups is 1. The van der Waals surface area contributed by atoms with Crippen LogP contribution in [0.5, 0.6) is 11.5 Å². The fourth-order valence-electron chi connectivity index (χ4n) is 3.50. The number of amides is 1. The van der Waals surface area contributed by atoms with Crippen LogP contribution in [0.2, 0.25) is 0 Å². The van der Waals surface area contributed by atoms with Crippen LogP contribution in [0.15, 0.2) is 71.6 Å². The molecule has 0 bridgehead atoms. The monoisotopic (exact) mass is 482 g/mol. The summed E-state index contributed by atoms with van der Waals surface area (Å²) in [6.07, 6.45) is 0. The van der Waals surface area contributed by atoms with E-state index in [1.165, 1.54) is 0 Å². The third kappa shape index (κ3) is 6.08. The summed E-state index contributed by atoms with van der Waals surface area (Å²) in [5.41, 5.74) is 3.19. The van der Waals surface area contributed by atoms with Crippen LogP contribution in [0.1, 0.15) is 16.7 Å². The highest BCUT2D eigenvalue weighted by Crippen LogP contribution is 2.28. The molecule has 3 rings (SSSR count). The minimum Gasteiger partial charge on any atom is -0.493 e. The molecular formula is C26H30N2O5S. The summed E-state index contributed by atoms with van der Waals surface area (Å²) in [5.74, 6) is 0.733. The number of anilines is 1. The van der Waals surface area contributed by atoms with E-state index in [2.05, 4.69) is 5.32 Å². The molecule has 3 aromatic carbocycles. The molecule has 0 atom stereocenters. The van der Waals surface area contributed by atoms with Gasteiger partial charge in [0.2, 0.25) is 5.91 Å². The van der Waals surface area contributed by atoms with Gasteiger partial charge in [-0.2, -0.15) is 0 Å². The van der Waals surface area contributed by atoms with E-state index in [0.717, 1.165) is 21.0 Å². The summed E-state index contributed by atoms with van der Waals surface area (Å²) in [4.78, 5) is 12.9. The molecule has 1 N–H and O–H groups in total. The largest absolute Gasteiger partial charge is 0.493 e. The van der Waals surface area contributed by atoms with Crippen molar-refractivity contribution in [2.45, 2.75) is 25.7 Å². The molecule has 180 valence electrons. The van der Waals surface area contributed by atoms with E-state index in [-0.39, 0.29) is 24.6 Å². The molecule has 0 saturated carbocycles. The van der Waals surface area contributed by atoms with Crippen LogP contribution in [0, 0.1) is 20.8 Å². The fraction of sp³-hybridized carbons (Fsp3) is 0.269. The van der Waals surface area contributed by atoms with Gasteiger partial charge in [-0.1, -0.05) is 47.5 Å². The first kappa shape index (κ1) is 25.1. The third-order valence-electron chi connectivity index (χ3n) is 5.27. The zero-order valence-corrected chi connectivity index (χ0v) is 20.7. The minimum absolute atomic E-state index is 0.130. The number of benzene rings is 3. The number of nitrogens with zero attached hydrogens (tertiary/aromatic N) is 1. The maximum Gasteiger partial charge on any atom is 0.264 e. The number of nitrogens with one attached hydrogen (secondary N) is 1. The van der Waals surface area contributed by atoms with Crippen LogP contribution < -0.4 is 19.1 Å². The molecular weight excluding hydrogens is 452 g/mol. The number of carbonyl (C=O) groups excluding carboxylic acids is 1. The number of methoxy groups -OCH3 is 1. The minimum atomic E-state index is -3.96. The Morgan fingerprint density at radius 3 is 2.21 bits per heavy atom. The van der Waals surface area contributed by atoms with Gasteiger partial charge in [-0.15, -0.1) is 0 Å². The number of para-hydroxylation sites is 2. The highest BCUT2D eigenvalue weighted by atomic mass is 32.2. The van der Waals surface area contributed by atoms with Gasteiger partial charge in [-0.05, 0) is 56.7 Å². The Balaban J connectivity index is 1.75. The van der Waals surface area contributed by atoms with Gasteiger partial charge in [0.1, 0.15) is 13.2 Å². The van der Waals surface area contributed by atoms with Gasteiger partial charge in [0.05, 0.1) is 24.2 Å². The normalized spacial score (nSPS) is 11.1. The first-order valence-corrected chi connectivity index (χ1v) is 12.4. The Kier molecular flexibility index (Phi) is 8.17. The molecule has 0 radical (unpaired) electrons. The Labute approximate surface area is 201 Å². The molecule has 0 aliphatic rings. The highest BCUT2D eigenvalue weighted by Gasteiger charge is 2.28. The molecule has 0 aromatic heterocycles. The highest BCUT2D eigenvalue weighted by molar-refractivity contribution is 7.92. The Bertz CT molecular complexity index is 1240. The number of rotatable bonds is 10. The smallest absolute Gasteiger partial charge is 0.264 e. The number of hydrogen-bond acceptors (Lipinski definition) is 5. The van der Waals surface area contributed by atoms with E-state index >= 15 is 0 Å². The second kappa shape index (κ2) is 11.1. The standard InChI is InChI=1S/C26H30N2O5S/c1-19-9-12-22(13-10-19)34(30,31)28(23-14-11-20(2)17-21(23)3)18-26(29)27-15-16-33-25-8-6-5-7-24(25)32-4/h5-14,17H,15-16,18H2,1-4H3,(H,27,29). The Hall–Kier alpha value is -3.52. The molecule has 0 aliphatic carbocycles. The first-order valence-electron chi connectivity index (χ1n) is 10.9. The number of sulfonamides is 1. The van der Waals surface area contributed by atoms with Gasteiger partial charge < -0.3 is 14.8 Å². The topological polar surface area (TPSA) is 84.9 Å². The molecule has 34 heavy (non-hydrogen) atoms. The van der Waals surface area contributed by atoms with E-state index in [9.17, 15) is 13.2 Å². The van der Waals surface area contributed by atoms with Gasteiger partial charge in [0.25, 0.3) is 10.0 Å². The summed E-state index contributed by atoms with van der Waals surface area (Å²) < 4.78 is 39.1. The SMILES string of the molecule is COc1ccccc1OCCNC(=O)CN(c1ccc(C)cc1C)S(=O)(=O)c1ccc(C)cc1. The van der Waals surface area contributed by atoms with Crippen molar-refractivity contribution in [1.29, 1.82) is 0 Å². The number of ether oxygens (including phenoxy) is 2. The summed E-state index contributed by atoms with van der Waals surface area (Å²) in [6.45, 7) is 5.72. The molecule has 0 saturated heterocycles. The molecule has 1 amide bonds. The first-order chi connectivity index (χ1) is 16.2. The van der Waals surface area contributed by atoms with Crippen molar-refractivity contribution in [2.24, 2.45) is 0 Å². The molecule has 0 heterocycles. The second-order valence-electron chi connectivity index (χ2n) is 7.96. The van der Waals surface area contributed by atoms with Gasteiger partial charge in [-0.3, -0.25) is 9.10 Å². The second-order valence-corrected chi connectivity index (χ2v) is 9.83. The zero-order chi connectivity index (χ0) is 24.7. The molecule has 3 aromatic rings. The Morgan fingerprint density at radius 1 is 0.912 bits per heavy atom. The molecule has 0 unspecified atom stereocenters. The fourth-order valence-corrected chi connectivity index (χ4v) is 4.98. The molecule has 7 nitrogen and oxygen atoms in total. The van der Waals surface area contributed by atoms with Gasteiger partial charge in [0.15, 0.2) is 11.5 Å². The van der Waals surface area contributed by atoms with Crippen molar-refractivity contribution >= 4 is 21.6 Å². The summed E-state index contributed by atoms with van der Waals surface area (Å²) in [5, 5.41) is 2.74. The van der Waals surface area contributed by atoms with E-state index < -0.39 is 15.9 Å². The van der Waals surface area contributed by atoms with Crippen molar-refractivity contribution < 1.29 is 22.7 Å². The van der Waals surface area contributed by atoms with Crippen molar-refractivity contribution in [3.63, 3.8) is 0 Å².